The van der Waals surface area contributed by atoms with E-state index in [1.165, 1.54) is 0 Å². The first-order valence-corrected chi connectivity index (χ1v) is 7.70. The number of hydrogen-bond donors (Lipinski definition) is 1. The van der Waals surface area contributed by atoms with E-state index in [1.54, 1.807) is 0 Å². The van der Waals surface area contributed by atoms with Crippen molar-refractivity contribution in [2.24, 2.45) is 0 Å². The van der Waals surface area contributed by atoms with Crippen molar-refractivity contribution in [1.29, 1.82) is 0 Å². The van der Waals surface area contributed by atoms with Crippen molar-refractivity contribution in [1.82, 2.24) is 4.90 Å². The van der Waals surface area contributed by atoms with Crippen molar-refractivity contribution in [3.63, 3.8) is 0 Å². The van der Waals surface area contributed by atoms with E-state index in [2.05, 4.69) is 0 Å². The van der Waals surface area contributed by atoms with Crippen LogP contribution in [0.15, 0.2) is 46.9 Å². The van der Waals surface area contributed by atoms with Crippen molar-refractivity contribution in [2.75, 3.05) is 6.61 Å². The van der Waals surface area contributed by atoms with E-state index < -0.39 is 5.92 Å². The highest BCUT2D eigenvalue weighted by molar-refractivity contribution is 5.84. The van der Waals surface area contributed by atoms with Crippen LogP contribution in [0.25, 0.3) is 0 Å². The van der Waals surface area contributed by atoms with Crippen LogP contribution in [0.4, 0.5) is 0 Å². The van der Waals surface area contributed by atoms with Crippen LogP contribution >= 0.6 is 0 Å². The van der Waals surface area contributed by atoms with Crippen molar-refractivity contribution in [3.05, 3.63) is 59.5 Å². The number of aliphatic hydroxyl groups excluding tert-OH is 1. The Bertz CT molecular complexity index is 631. The Labute approximate surface area is 130 Å². The molecule has 1 aromatic heterocycles. The van der Waals surface area contributed by atoms with Crippen LogP contribution in [-0.2, 0) is 11.3 Å². The number of carbonyl (C=O) groups excluding carboxylic acids is 1. The lowest BCUT2D eigenvalue weighted by Crippen LogP contribution is -2.37. The second-order valence-electron chi connectivity index (χ2n) is 5.86. The monoisotopic (exact) mass is 299 g/mol. The smallest absolute Gasteiger partial charge is 0.233 e. The summed E-state index contributed by atoms with van der Waals surface area (Å²) in [4.78, 5) is 14.7. The minimum Gasteiger partial charge on any atom is -0.464 e. The lowest BCUT2D eigenvalue weighted by molar-refractivity contribution is -0.135. The third-order valence-corrected chi connectivity index (χ3v) is 4.08. The number of hydrogen-bond acceptors (Lipinski definition) is 3. The van der Waals surface area contributed by atoms with Gasteiger partial charge in [-0.15, -0.1) is 0 Å². The van der Waals surface area contributed by atoms with E-state index in [0.717, 1.165) is 29.9 Å². The third-order valence-electron chi connectivity index (χ3n) is 4.08. The summed E-state index contributed by atoms with van der Waals surface area (Å²) < 4.78 is 5.60. The van der Waals surface area contributed by atoms with Gasteiger partial charge in [0.25, 0.3) is 0 Å². The molecule has 0 bridgehead atoms. The van der Waals surface area contributed by atoms with E-state index >= 15 is 0 Å². The van der Waals surface area contributed by atoms with Gasteiger partial charge in [0.05, 0.1) is 19.1 Å². The number of benzene rings is 1. The molecule has 0 radical (unpaired) electrons. The molecule has 1 heterocycles. The maximum atomic E-state index is 12.9. The quantitative estimate of drug-likeness (QED) is 0.892. The zero-order valence-electron chi connectivity index (χ0n) is 12.7. The largest absolute Gasteiger partial charge is 0.464 e. The molecule has 1 saturated carbocycles. The molecule has 4 nitrogen and oxygen atoms in total. The second kappa shape index (κ2) is 6.36. The molecule has 1 amide bonds. The van der Waals surface area contributed by atoms with Gasteiger partial charge in [0, 0.05) is 6.04 Å². The van der Waals surface area contributed by atoms with Crippen LogP contribution in [0.1, 0.15) is 35.8 Å². The van der Waals surface area contributed by atoms with Crippen LogP contribution in [0, 0.1) is 6.92 Å². The Kier molecular flexibility index (Phi) is 4.29. The van der Waals surface area contributed by atoms with Gasteiger partial charge in [0.1, 0.15) is 11.5 Å². The molecule has 1 aromatic carbocycles. The second-order valence-corrected chi connectivity index (χ2v) is 5.86. The van der Waals surface area contributed by atoms with Gasteiger partial charge >= 0.3 is 0 Å². The minimum atomic E-state index is -0.502. The summed E-state index contributed by atoms with van der Waals surface area (Å²) in [6, 6.07) is 13.6. The highest BCUT2D eigenvalue weighted by Crippen LogP contribution is 2.32. The summed E-state index contributed by atoms with van der Waals surface area (Å²) in [5, 5.41) is 9.70. The average Bonchev–Trinajstić information content (AvgIpc) is 3.29. The summed E-state index contributed by atoms with van der Waals surface area (Å²) in [7, 11) is 0. The Morgan fingerprint density at radius 1 is 1.27 bits per heavy atom. The number of rotatable bonds is 6. The van der Waals surface area contributed by atoms with Crippen molar-refractivity contribution >= 4 is 5.91 Å². The zero-order chi connectivity index (χ0) is 15.5. The molecule has 1 aliphatic rings. The van der Waals surface area contributed by atoms with E-state index in [9.17, 15) is 9.90 Å². The van der Waals surface area contributed by atoms with Gasteiger partial charge in [0.15, 0.2) is 0 Å². The van der Waals surface area contributed by atoms with Crippen LogP contribution in [0.3, 0.4) is 0 Å². The lowest BCUT2D eigenvalue weighted by Gasteiger charge is -2.26. The molecule has 2 aromatic rings. The highest BCUT2D eigenvalue weighted by Gasteiger charge is 2.36. The van der Waals surface area contributed by atoms with Gasteiger partial charge in [-0.1, -0.05) is 30.3 Å². The molecule has 22 heavy (non-hydrogen) atoms. The van der Waals surface area contributed by atoms with Crippen LogP contribution < -0.4 is 0 Å². The Morgan fingerprint density at radius 2 is 2.00 bits per heavy atom. The number of aryl methyl sites for hydroxylation is 1. The van der Waals surface area contributed by atoms with Crippen molar-refractivity contribution in [3.8, 4) is 0 Å². The van der Waals surface area contributed by atoms with E-state index in [-0.39, 0.29) is 18.6 Å². The summed E-state index contributed by atoms with van der Waals surface area (Å²) in [5.41, 5.74) is 0.858. The average molecular weight is 299 g/mol. The third kappa shape index (κ3) is 3.22. The van der Waals surface area contributed by atoms with Crippen molar-refractivity contribution < 1.29 is 14.3 Å². The van der Waals surface area contributed by atoms with Crippen molar-refractivity contribution in [2.45, 2.75) is 38.3 Å². The molecule has 0 saturated heterocycles. The Hall–Kier alpha value is -2.07. The number of nitrogens with zero attached hydrogens (tertiary/aromatic N) is 1. The molecule has 116 valence electrons. The predicted molar refractivity (Wildman–Crippen MR) is 83.3 cm³/mol. The number of carbonyl (C=O) groups is 1. The first-order chi connectivity index (χ1) is 10.7. The van der Waals surface area contributed by atoms with Gasteiger partial charge in [-0.2, -0.15) is 0 Å². The molecule has 1 unspecified atom stereocenters. The number of aliphatic hydroxyl groups is 1. The summed E-state index contributed by atoms with van der Waals surface area (Å²) in [6.07, 6.45) is 2.05. The summed E-state index contributed by atoms with van der Waals surface area (Å²) >= 11 is 0. The molecule has 1 aliphatic carbocycles. The SMILES string of the molecule is Cc1ccc(CN(C(=O)C(CO)c2ccccc2)C2CC2)o1. The number of amides is 1. The molecule has 1 atom stereocenters. The van der Waals surface area contributed by atoms with E-state index in [1.807, 2.05) is 54.3 Å². The molecule has 4 heteroatoms. The van der Waals surface area contributed by atoms with Crippen LogP contribution in [0.5, 0.6) is 0 Å². The van der Waals surface area contributed by atoms with Crippen LogP contribution in [0.2, 0.25) is 0 Å². The van der Waals surface area contributed by atoms with E-state index in [4.69, 9.17) is 4.42 Å². The topological polar surface area (TPSA) is 53.7 Å². The first-order valence-electron chi connectivity index (χ1n) is 7.70. The van der Waals surface area contributed by atoms with Gasteiger partial charge in [-0.05, 0) is 37.5 Å². The first kappa shape index (κ1) is 14.9. The maximum absolute atomic E-state index is 12.9. The minimum absolute atomic E-state index is 0.0229. The Balaban J connectivity index is 1.79. The van der Waals surface area contributed by atoms with E-state index in [0.29, 0.717) is 6.54 Å². The number of furan rings is 1. The molecule has 0 spiro atoms. The molecule has 3 rings (SSSR count). The zero-order valence-corrected chi connectivity index (χ0v) is 12.7. The molecule has 1 fully saturated rings. The molecular formula is C18H21NO3. The Morgan fingerprint density at radius 3 is 2.55 bits per heavy atom. The molecular weight excluding hydrogens is 278 g/mol. The molecule has 1 N–H and O–H groups in total. The fourth-order valence-electron chi connectivity index (χ4n) is 2.72. The predicted octanol–water partition coefficient (Wildman–Crippen LogP) is 2.86. The fraction of sp³-hybridized carbons (Fsp3) is 0.389. The van der Waals surface area contributed by atoms with Gasteiger partial charge in [0.2, 0.25) is 5.91 Å². The van der Waals surface area contributed by atoms with Gasteiger partial charge < -0.3 is 14.4 Å². The maximum Gasteiger partial charge on any atom is 0.233 e. The summed E-state index contributed by atoms with van der Waals surface area (Å²) in [5.74, 6) is 1.12. The van der Waals surface area contributed by atoms with Gasteiger partial charge in [-0.25, -0.2) is 0 Å². The molecule has 0 aliphatic heterocycles. The highest BCUT2D eigenvalue weighted by atomic mass is 16.3. The normalized spacial score (nSPS) is 15.5. The van der Waals surface area contributed by atoms with Gasteiger partial charge in [-0.3, -0.25) is 4.79 Å². The standard InChI is InChI=1S/C18H21NO3/c1-13-7-10-16(22-13)11-19(15-8-9-15)18(21)17(12-20)14-5-3-2-4-6-14/h2-7,10,15,17,20H,8-9,11-12H2,1H3. The fourth-order valence-corrected chi connectivity index (χ4v) is 2.72. The lowest BCUT2D eigenvalue weighted by atomic mass is 9.98. The summed E-state index contributed by atoms with van der Waals surface area (Å²) in [6.45, 7) is 2.19. The van der Waals surface area contributed by atoms with Crippen LogP contribution in [-0.4, -0.2) is 28.6 Å².